The van der Waals surface area contributed by atoms with Crippen molar-refractivity contribution >= 4 is 16.9 Å². The number of carbonyl (C=O) groups is 1. The van der Waals surface area contributed by atoms with Gasteiger partial charge in [-0.2, -0.15) is 0 Å². The minimum absolute atomic E-state index is 0.0183. The van der Waals surface area contributed by atoms with Crippen LogP contribution < -0.4 is 5.32 Å². The number of imidazole rings is 1. The van der Waals surface area contributed by atoms with Crippen LogP contribution in [0, 0.1) is 13.8 Å². The molecule has 2 fully saturated rings. The third-order valence-electron chi connectivity index (χ3n) is 6.02. The van der Waals surface area contributed by atoms with Gasteiger partial charge in [-0.25, -0.2) is 13.8 Å². The van der Waals surface area contributed by atoms with E-state index in [1.807, 2.05) is 36.6 Å². The van der Waals surface area contributed by atoms with Crippen molar-refractivity contribution in [3.8, 4) is 11.1 Å². The first-order chi connectivity index (χ1) is 13.8. The summed E-state index contributed by atoms with van der Waals surface area (Å²) in [4.78, 5) is 16.7. The van der Waals surface area contributed by atoms with Crippen molar-refractivity contribution in [3.63, 3.8) is 0 Å². The summed E-state index contributed by atoms with van der Waals surface area (Å²) in [7, 11) is 0. The molecular weight excluding hydrogens is 378 g/mol. The van der Waals surface area contributed by atoms with Gasteiger partial charge < -0.3 is 14.4 Å². The second-order valence-corrected chi connectivity index (χ2v) is 8.17. The number of halogens is 2. The molecule has 6 nitrogen and oxygen atoms in total. The van der Waals surface area contributed by atoms with Crippen LogP contribution in [0.15, 0.2) is 22.7 Å². The molecule has 0 radical (unpaired) electrons. The zero-order valence-corrected chi connectivity index (χ0v) is 16.3. The molecule has 29 heavy (non-hydrogen) atoms. The Kier molecular flexibility index (Phi) is 4.01. The SMILES string of the molecule is Cc1noc(C)c1-c1ccc2c(c1)nc([C@@H]1CCCC(=O)N1)n2C1CC(F)(F)C1. The van der Waals surface area contributed by atoms with Crippen LogP contribution in [-0.2, 0) is 4.79 Å². The normalized spacial score (nSPS) is 21.9. The molecular formula is C21H22F2N4O2. The van der Waals surface area contributed by atoms with E-state index in [1.54, 1.807) is 0 Å². The molecule has 1 amide bonds. The van der Waals surface area contributed by atoms with E-state index in [-0.39, 0.29) is 30.8 Å². The maximum Gasteiger partial charge on any atom is 0.252 e. The van der Waals surface area contributed by atoms with Gasteiger partial charge in [0.05, 0.1) is 22.8 Å². The summed E-state index contributed by atoms with van der Waals surface area (Å²) in [6, 6.07) is 5.26. The Morgan fingerprint density at radius 3 is 2.72 bits per heavy atom. The predicted molar refractivity (Wildman–Crippen MR) is 103 cm³/mol. The summed E-state index contributed by atoms with van der Waals surface area (Å²) in [5.74, 6) is -1.26. The second-order valence-electron chi connectivity index (χ2n) is 8.17. The van der Waals surface area contributed by atoms with E-state index in [1.165, 1.54) is 0 Å². The molecule has 5 rings (SSSR count). The number of alkyl halides is 2. The van der Waals surface area contributed by atoms with Gasteiger partial charge in [-0.3, -0.25) is 4.79 Å². The minimum atomic E-state index is -2.63. The second kappa shape index (κ2) is 6.37. The first kappa shape index (κ1) is 18.3. The summed E-state index contributed by atoms with van der Waals surface area (Å²) in [6.45, 7) is 3.74. The van der Waals surface area contributed by atoms with E-state index in [0.717, 1.165) is 46.5 Å². The van der Waals surface area contributed by atoms with Crippen LogP contribution in [-0.4, -0.2) is 26.5 Å². The fourth-order valence-electron chi connectivity index (χ4n) is 4.61. The van der Waals surface area contributed by atoms with Crippen molar-refractivity contribution in [3.05, 3.63) is 35.5 Å². The lowest BCUT2D eigenvalue weighted by atomic mass is 9.87. The number of hydrogen-bond donors (Lipinski definition) is 1. The molecule has 1 atom stereocenters. The number of carbonyl (C=O) groups excluding carboxylic acids is 1. The van der Waals surface area contributed by atoms with Crippen LogP contribution >= 0.6 is 0 Å². The zero-order chi connectivity index (χ0) is 20.3. The first-order valence-corrected chi connectivity index (χ1v) is 9.95. The van der Waals surface area contributed by atoms with E-state index < -0.39 is 5.92 Å². The van der Waals surface area contributed by atoms with Gasteiger partial charge in [0.2, 0.25) is 5.91 Å². The average Bonchev–Trinajstić information content (AvgIpc) is 3.19. The number of aryl methyl sites for hydroxylation is 2. The first-order valence-electron chi connectivity index (χ1n) is 9.95. The summed E-state index contributed by atoms with van der Waals surface area (Å²) < 4.78 is 34.5. The maximum atomic E-state index is 13.6. The standard InChI is InChI=1S/C21H22F2N4O2/c1-11-19(12(2)29-26-11)13-6-7-17-16(8-13)25-20(15-4-3-5-18(28)24-15)27(17)14-9-21(22,23)10-14/h6-8,14-15H,3-5,9-10H2,1-2H3,(H,24,28)/t15-/m0/s1. The van der Waals surface area contributed by atoms with Crippen molar-refractivity contribution in [2.75, 3.05) is 0 Å². The third kappa shape index (κ3) is 3.01. The van der Waals surface area contributed by atoms with Crippen LogP contribution in [0.5, 0.6) is 0 Å². The number of nitrogens with one attached hydrogen (secondary N) is 1. The predicted octanol–water partition coefficient (Wildman–Crippen LogP) is 4.62. The molecule has 2 aliphatic rings. The number of piperidine rings is 1. The van der Waals surface area contributed by atoms with Crippen LogP contribution in [0.2, 0.25) is 0 Å². The molecule has 0 unspecified atom stereocenters. The summed E-state index contributed by atoms with van der Waals surface area (Å²) in [5.41, 5.74) is 4.18. The van der Waals surface area contributed by atoms with Crippen molar-refractivity contribution in [1.82, 2.24) is 20.0 Å². The van der Waals surface area contributed by atoms with Crippen molar-refractivity contribution in [2.45, 2.75) is 64.0 Å². The lowest BCUT2D eigenvalue weighted by molar-refractivity contribution is -0.123. The molecule has 1 N–H and O–H groups in total. The molecule has 1 aliphatic carbocycles. The number of aromatic nitrogens is 3. The molecule has 3 aromatic rings. The molecule has 3 heterocycles. The smallest absolute Gasteiger partial charge is 0.252 e. The van der Waals surface area contributed by atoms with Gasteiger partial charge in [0.25, 0.3) is 5.92 Å². The lowest BCUT2D eigenvalue weighted by Crippen LogP contribution is -2.40. The minimum Gasteiger partial charge on any atom is -0.361 e. The third-order valence-corrected chi connectivity index (χ3v) is 6.02. The number of fused-ring (bicyclic) bond motifs is 1. The maximum absolute atomic E-state index is 13.6. The molecule has 8 heteroatoms. The Balaban J connectivity index is 1.63. The topological polar surface area (TPSA) is 72.9 Å². The molecule has 1 aliphatic heterocycles. The Hall–Kier alpha value is -2.77. The summed E-state index contributed by atoms with van der Waals surface area (Å²) in [5, 5.41) is 7.00. The van der Waals surface area contributed by atoms with Crippen molar-refractivity contribution < 1.29 is 18.1 Å². The van der Waals surface area contributed by atoms with E-state index in [9.17, 15) is 13.6 Å². The van der Waals surface area contributed by atoms with Crippen molar-refractivity contribution in [2.24, 2.45) is 0 Å². The molecule has 2 aromatic heterocycles. The fraction of sp³-hybridized carbons (Fsp3) is 0.476. The highest BCUT2D eigenvalue weighted by molar-refractivity contribution is 5.84. The number of nitrogens with zero attached hydrogens (tertiary/aromatic N) is 3. The number of hydrogen-bond acceptors (Lipinski definition) is 4. The van der Waals surface area contributed by atoms with Crippen LogP contribution in [0.3, 0.4) is 0 Å². The van der Waals surface area contributed by atoms with Gasteiger partial charge in [0, 0.05) is 30.9 Å². The van der Waals surface area contributed by atoms with Gasteiger partial charge in [-0.15, -0.1) is 0 Å². The quantitative estimate of drug-likeness (QED) is 0.696. The Morgan fingerprint density at radius 1 is 1.28 bits per heavy atom. The Bertz CT molecular complexity index is 1090. The van der Waals surface area contributed by atoms with E-state index in [2.05, 4.69) is 10.5 Å². The zero-order valence-electron chi connectivity index (χ0n) is 16.3. The van der Waals surface area contributed by atoms with E-state index >= 15 is 0 Å². The molecule has 0 bridgehead atoms. The Morgan fingerprint density at radius 2 is 2.07 bits per heavy atom. The molecule has 1 aromatic carbocycles. The van der Waals surface area contributed by atoms with Crippen molar-refractivity contribution in [1.29, 1.82) is 0 Å². The van der Waals surface area contributed by atoms with Gasteiger partial charge in [0.1, 0.15) is 11.6 Å². The van der Waals surface area contributed by atoms with Gasteiger partial charge in [-0.1, -0.05) is 11.2 Å². The lowest BCUT2D eigenvalue weighted by Gasteiger charge is -2.38. The molecule has 152 valence electrons. The summed E-state index contributed by atoms with van der Waals surface area (Å²) in [6.07, 6.45) is 1.63. The fourth-order valence-corrected chi connectivity index (χ4v) is 4.61. The molecule has 1 saturated heterocycles. The summed E-state index contributed by atoms with van der Waals surface area (Å²) >= 11 is 0. The Labute approximate surface area is 166 Å². The van der Waals surface area contributed by atoms with Gasteiger partial charge in [0.15, 0.2) is 0 Å². The number of amides is 1. The molecule has 0 spiro atoms. The van der Waals surface area contributed by atoms with E-state index in [4.69, 9.17) is 9.51 Å². The van der Waals surface area contributed by atoms with Gasteiger partial charge in [-0.05, 0) is 44.4 Å². The van der Waals surface area contributed by atoms with Crippen LogP contribution in [0.1, 0.15) is 61.5 Å². The highest BCUT2D eigenvalue weighted by Crippen LogP contribution is 2.48. The largest absolute Gasteiger partial charge is 0.361 e. The highest BCUT2D eigenvalue weighted by atomic mass is 19.3. The number of benzene rings is 1. The van der Waals surface area contributed by atoms with E-state index in [0.29, 0.717) is 12.2 Å². The highest BCUT2D eigenvalue weighted by Gasteiger charge is 2.47. The van der Waals surface area contributed by atoms with Gasteiger partial charge >= 0.3 is 0 Å². The molecule has 1 saturated carbocycles. The average molecular weight is 400 g/mol. The van der Waals surface area contributed by atoms with Crippen LogP contribution in [0.4, 0.5) is 8.78 Å². The number of rotatable bonds is 3. The van der Waals surface area contributed by atoms with Crippen LogP contribution in [0.25, 0.3) is 22.2 Å². The monoisotopic (exact) mass is 400 g/mol.